The maximum Gasteiger partial charge on any atom is 0.323 e. The summed E-state index contributed by atoms with van der Waals surface area (Å²) < 4.78 is 5.31. The SMILES string of the molecule is CCOc1nc(NN)nc(NC2CCCCC2C)n1. The summed E-state index contributed by atoms with van der Waals surface area (Å²) in [5.74, 6) is 6.81. The Morgan fingerprint density at radius 1 is 1.21 bits per heavy atom. The lowest BCUT2D eigenvalue weighted by molar-refractivity contribution is 0.311. The quantitative estimate of drug-likeness (QED) is 0.549. The Morgan fingerprint density at radius 3 is 2.63 bits per heavy atom. The molecule has 19 heavy (non-hydrogen) atoms. The van der Waals surface area contributed by atoms with Gasteiger partial charge in [-0.05, 0) is 25.7 Å². The highest BCUT2D eigenvalue weighted by molar-refractivity contribution is 5.35. The molecule has 106 valence electrons. The first-order valence-electron chi connectivity index (χ1n) is 6.85. The number of hydrogen-bond donors (Lipinski definition) is 3. The molecule has 0 aromatic carbocycles. The minimum atomic E-state index is 0.288. The van der Waals surface area contributed by atoms with Crippen LogP contribution < -0.4 is 21.3 Å². The fourth-order valence-corrected chi connectivity index (χ4v) is 2.38. The van der Waals surface area contributed by atoms with Gasteiger partial charge in [-0.1, -0.05) is 19.8 Å². The van der Waals surface area contributed by atoms with Crippen LogP contribution in [0.5, 0.6) is 6.01 Å². The van der Waals surface area contributed by atoms with Crippen LogP contribution >= 0.6 is 0 Å². The molecular weight excluding hydrogens is 244 g/mol. The minimum Gasteiger partial charge on any atom is -0.464 e. The van der Waals surface area contributed by atoms with Crippen LogP contribution in [0.2, 0.25) is 0 Å². The largest absolute Gasteiger partial charge is 0.464 e. The number of nitrogen functional groups attached to an aromatic ring is 1. The summed E-state index contributed by atoms with van der Waals surface area (Å²) in [6.45, 7) is 4.65. The molecular formula is C12H22N6O. The molecule has 1 aromatic rings. The van der Waals surface area contributed by atoms with E-state index in [1.165, 1.54) is 19.3 Å². The second-order valence-corrected chi connectivity index (χ2v) is 4.86. The van der Waals surface area contributed by atoms with Gasteiger partial charge in [-0.2, -0.15) is 15.0 Å². The molecule has 0 aliphatic heterocycles. The summed E-state index contributed by atoms with van der Waals surface area (Å²) in [6.07, 6.45) is 4.93. The smallest absolute Gasteiger partial charge is 0.323 e. The Balaban J connectivity index is 2.11. The van der Waals surface area contributed by atoms with Gasteiger partial charge in [0, 0.05) is 6.04 Å². The van der Waals surface area contributed by atoms with Gasteiger partial charge >= 0.3 is 6.01 Å². The number of rotatable bonds is 5. The molecule has 1 heterocycles. The van der Waals surface area contributed by atoms with Crippen molar-refractivity contribution in [1.82, 2.24) is 15.0 Å². The summed E-state index contributed by atoms with van der Waals surface area (Å²) in [7, 11) is 0. The van der Waals surface area contributed by atoms with Crippen molar-refractivity contribution in [3.8, 4) is 6.01 Å². The van der Waals surface area contributed by atoms with Crippen LogP contribution in [-0.2, 0) is 0 Å². The van der Waals surface area contributed by atoms with Gasteiger partial charge in [-0.25, -0.2) is 5.84 Å². The number of nitrogens with one attached hydrogen (secondary N) is 2. The standard InChI is InChI=1S/C12H22N6O/c1-3-19-12-16-10(15-11(17-12)18-13)14-9-7-5-4-6-8(9)2/h8-9H,3-7,13H2,1-2H3,(H2,14,15,16,17,18). The van der Waals surface area contributed by atoms with E-state index in [1.54, 1.807) is 0 Å². The van der Waals surface area contributed by atoms with E-state index in [-0.39, 0.29) is 6.01 Å². The second-order valence-electron chi connectivity index (χ2n) is 4.86. The van der Waals surface area contributed by atoms with Gasteiger partial charge in [0.1, 0.15) is 0 Å². The van der Waals surface area contributed by atoms with Gasteiger partial charge in [0.05, 0.1) is 6.61 Å². The molecule has 0 spiro atoms. The molecule has 0 bridgehead atoms. The van der Waals surface area contributed by atoms with Crippen LogP contribution in [0.3, 0.4) is 0 Å². The van der Waals surface area contributed by atoms with E-state index in [1.807, 2.05) is 6.92 Å². The fraction of sp³-hybridized carbons (Fsp3) is 0.750. The summed E-state index contributed by atoms with van der Waals surface area (Å²) in [4.78, 5) is 12.5. The molecule has 0 amide bonds. The second kappa shape index (κ2) is 6.51. The van der Waals surface area contributed by atoms with Gasteiger partial charge in [-0.15, -0.1) is 0 Å². The summed E-state index contributed by atoms with van der Waals surface area (Å²) in [5.41, 5.74) is 2.43. The maximum atomic E-state index is 5.36. The third-order valence-corrected chi connectivity index (χ3v) is 3.44. The van der Waals surface area contributed by atoms with Crippen molar-refractivity contribution in [3.05, 3.63) is 0 Å². The minimum absolute atomic E-state index is 0.288. The number of ether oxygens (including phenoxy) is 1. The molecule has 2 rings (SSSR count). The number of anilines is 2. The Kier molecular flexibility index (Phi) is 4.73. The van der Waals surface area contributed by atoms with Gasteiger partial charge < -0.3 is 10.1 Å². The van der Waals surface area contributed by atoms with Crippen molar-refractivity contribution in [2.45, 2.75) is 45.6 Å². The first kappa shape index (κ1) is 13.8. The number of hydrazine groups is 1. The third kappa shape index (κ3) is 3.66. The fourth-order valence-electron chi connectivity index (χ4n) is 2.38. The van der Waals surface area contributed by atoms with E-state index in [2.05, 4.69) is 32.6 Å². The van der Waals surface area contributed by atoms with Gasteiger partial charge in [-0.3, -0.25) is 5.43 Å². The Bertz CT molecular complexity index is 413. The molecule has 2 atom stereocenters. The molecule has 1 aliphatic carbocycles. The van der Waals surface area contributed by atoms with Crippen LogP contribution in [0.4, 0.5) is 11.9 Å². The summed E-state index contributed by atoms with van der Waals surface area (Å²) in [5, 5.41) is 3.37. The van der Waals surface area contributed by atoms with E-state index in [9.17, 15) is 0 Å². The van der Waals surface area contributed by atoms with E-state index in [0.717, 1.165) is 6.42 Å². The van der Waals surface area contributed by atoms with Crippen molar-refractivity contribution in [2.75, 3.05) is 17.3 Å². The molecule has 7 nitrogen and oxygen atoms in total. The lowest BCUT2D eigenvalue weighted by Gasteiger charge is -2.29. The third-order valence-electron chi connectivity index (χ3n) is 3.44. The topological polar surface area (TPSA) is 98.0 Å². The van der Waals surface area contributed by atoms with Crippen LogP contribution in [0.1, 0.15) is 39.5 Å². The average Bonchev–Trinajstić information content (AvgIpc) is 2.41. The van der Waals surface area contributed by atoms with Crippen LogP contribution in [-0.4, -0.2) is 27.6 Å². The first-order chi connectivity index (χ1) is 9.22. The molecule has 1 fully saturated rings. The first-order valence-corrected chi connectivity index (χ1v) is 6.85. The zero-order chi connectivity index (χ0) is 13.7. The maximum absolute atomic E-state index is 5.36. The molecule has 1 aromatic heterocycles. The zero-order valence-corrected chi connectivity index (χ0v) is 11.5. The highest BCUT2D eigenvalue weighted by Crippen LogP contribution is 2.26. The normalized spacial score (nSPS) is 22.9. The number of nitrogens with zero attached hydrogens (tertiary/aromatic N) is 3. The van der Waals surface area contributed by atoms with Crippen molar-refractivity contribution >= 4 is 11.9 Å². The molecule has 4 N–H and O–H groups in total. The highest BCUT2D eigenvalue weighted by Gasteiger charge is 2.22. The Morgan fingerprint density at radius 2 is 1.95 bits per heavy atom. The Labute approximate surface area is 113 Å². The van der Waals surface area contributed by atoms with Gasteiger partial charge in [0.2, 0.25) is 11.9 Å². The van der Waals surface area contributed by atoms with Gasteiger partial charge in [0.25, 0.3) is 0 Å². The van der Waals surface area contributed by atoms with Crippen molar-refractivity contribution in [3.63, 3.8) is 0 Å². The molecule has 2 unspecified atom stereocenters. The van der Waals surface area contributed by atoms with E-state index < -0.39 is 0 Å². The molecule has 0 saturated heterocycles. The molecule has 1 saturated carbocycles. The molecule has 1 aliphatic rings. The number of aromatic nitrogens is 3. The predicted octanol–water partition coefficient (Wildman–Crippen LogP) is 1.55. The van der Waals surface area contributed by atoms with E-state index in [0.29, 0.717) is 30.5 Å². The molecule has 7 heteroatoms. The lowest BCUT2D eigenvalue weighted by Crippen LogP contribution is -2.31. The highest BCUT2D eigenvalue weighted by atomic mass is 16.5. The Hall–Kier alpha value is -1.63. The molecule has 0 radical (unpaired) electrons. The van der Waals surface area contributed by atoms with E-state index in [4.69, 9.17) is 10.6 Å². The van der Waals surface area contributed by atoms with Crippen LogP contribution in [0, 0.1) is 5.92 Å². The van der Waals surface area contributed by atoms with Crippen molar-refractivity contribution < 1.29 is 4.74 Å². The number of hydrogen-bond acceptors (Lipinski definition) is 7. The predicted molar refractivity (Wildman–Crippen MR) is 73.8 cm³/mol. The monoisotopic (exact) mass is 266 g/mol. The average molecular weight is 266 g/mol. The number of nitrogens with two attached hydrogens (primary N) is 1. The van der Waals surface area contributed by atoms with Crippen molar-refractivity contribution in [1.29, 1.82) is 0 Å². The lowest BCUT2D eigenvalue weighted by atomic mass is 9.86. The van der Waals surface area contributed by atoms with Crippen LogP contribution in [0.25, 0.3) is 0 Å². The van der Waals surface area contributed by atoms with Crippen LogP contribution in [0.15, 0.2) is 0 Å². The van der Waals surface area contributed by atoms with Crippen molar-refractivity contribution in [2.24, 2.45) is 11.8 Å². The summed E-state index contributed by atoms with van der Waals surface area (Å²) in [6, 6.07) is 0.688. The summed E-state index contributed by atoms with van der Waals surface area (Å²) >= 11 is 0. The van der Waals surface area contributed by atoms with E-state index >= 15 is 0 Å². The van der Waals surface area contributed by atoms with Gasteiger partial charge in [0.15, 0.2) is 0 Å². The zero-order valence-electron chi connectivity index (χ0n) is 11.5.